The molecule has 0 bridgehead atoms. The van der Waals surface area contributed by atoms with Crippen LogP contribution in [-0.4, -0.2) is 9.78 Å². The van der Waals surface area contributed by atoms with E-state index in [2.05, 4.69) is 23.3 Å². The first-order chi connectivity index (χ1) is 11.9. The maximum atomic E-state index is 13.8. The highest BCUT2D eigenvalue weighted by Crippen LogP contribution is 2.14. The van der Waals surface area contributed by atoms with Crippen LogP contribution in [0.25, 0.3) is 0 Å². The molecule has 0 fully saturated rings. The lowest BCUT2D eigenvalue weighted by atomic mass is 10.0. The van der Waals surface area contributed by atoms with E-state index >= 15 is 0 Å². The summed E-state index contributed by atoms with van der Waals surface area (Å²) >= 11 is 0. The van der Waals surface area contributed by atoms with Gasteiger partial charge in [-0.15, -0.1) is 0 Å². The van der Waals surface area contributed by atoms with Crippen molar-refractivity contribution < 1.29 is 8.78 Å². The lowest BCUT2D eigenvalue weighted by Gasteiger charge is -2.09. The zero-order chi connectivity index (χ0) is 18.0. The van der Waals surface area contributed by atoms with Gasteiger partial charge in [-0.25, -0.2) is 13.5 Å². The molecule has 0 saturated carbocycles. The van der Waals surface area contributed by atoms with Crippen LogP contribution < -0.4 is 5.56 Å². The first-order valence-electron chi connectivity index (χ1n) is 7.99. The van der Waals surface area contributed by atoms with Gasteiger partial charge in [-0.05, 0) is 37.6 Å². The average molecular weight is 340 g/mol. The summed E-state index contributed by atoms with van der Waals surface area (Å²) in [6.07, 6.45) is 0.544. The zero-order valence-corrected chi connectivity index (χ0v) is 14.1. The van der Waals surface area contributed by atoms with Crippen LogP contribution in [0.4, 0.5) is 8.78 Å². The number of aryl methyl sites for hydroxylation is 2. The molecule has 25 heavy (non-hydrogen) atoms. The zero-order valence-electron chi connectivity index (χ0n) is 14.1. The highest BCUT2D eigenvalue weighted by atomic mass is 19.1. The Morgan fingerprint density at radius 2 is 1.60 bits per heavy atom. The van der Waals surface area contributed by atoms with Crippen LogP contribution in [0.3, 0.4) is 0 Å². The molecule has 2 aromatic carbocycles. The van der Waals surface area contributed by atoms with Crippen LogP contribution in [0, 0.1) is 25.5 Å². The van der Waals surface area contributed by atoms with E-state index < -0.39 is 17.2 Å². The normalized spacial score (nSPS) is 10.9. The third-order valence-corrected chi connectivity index (χ3v) is 3.96. The van der Waals surface area contributed by atoms with Crippen molar-refractivity contribution in [2.24, 2.45) is 0 Å². The van der Waals surface area contributed by atoms with Crippen LogP contribution >= 0.6 is 0 Å². The molecule has 1 heterocycles. The van der Waals surface area contributed by atoms with Crippen molar-refractivity contribution in [3.63, 3.8) is 0 Å². The molecule has 3 rings (SSSR count). The first-order valence-corrected chi connectivity index (χ1v) is 7.99. The minimum atomic E-state index is -0.687. The second kappa shape index (κ2) is 6.97. The molecule has 128 valence electrons. The molecule has 0 aliphatic rings. The van der Waals surface area contributed by atoms with Crippen molar-refractivity contribution in [1.29, 1.82) is 0 Å². The van der Waals surface area contributed by atoms with Gasteiger partial charge in [-0.2, -0.15) is 5.10 Å². The van der Waals surface area contributed by atoms with E-state index in [0.29, 0.717) is 12.1 Å². The topological polar surface area (TPSA) is 34.9 Å². The maximum absolute atomic E-state index is 13.8. The van der Waals surface area contributed by atoms with Crippen LogP contribution in [0.2, 0.25) is 0 Å². The fraction of sp³-hybridized carbons (Fsp3) is 0.200. The van der Waals surface area contributed by atoms with E-state index in [0.717, 1.165) is 21.4 Å². The Labute approximate surface area is 144 Å². The van der Waals surface area contributed by atoms with Gasteiger partial charge in [-0.1, -0.05) is 35.4 Å². The molecule has 1 aromatic heterocycles. The lowest BCUT2D eigenvalue weighted by Crippen LogP contribution is -2.24. The van der Waals surface area contributed by atoms with Crippen molar-refractivity contribution in [2.75, 3.05) is 0 Å². The van der Waals surface area contributed by atoms with Crippen LogP contribution in [0.1, 0.15) is 27.9 Å². The van der Waals surface area contributed by atoms with Gasteiger partial charge in [0.25, 0.3) is 5.56 Å². The van der Waals surface area contributed by atoms with Gasteiger partial charge >= 0.3 is 0 Å². The van der Waals surface area contributed by atoms with Gasteiger partial charge in [0.05, 0.1) is 12.2 Å². The Morgan fingerprint density at radius 3 is 2.24 bits per heavy atom. The standard InChI is InChI=1S/C20H18F2N2O/c1-13-8-14(2)10-15(9-13)11-16-6-7-20(25)24(23-16)12-17-18(21)4-3-5-19(17)22/h3-10H,11-12H2,1-2H3. The summed E-state index contributed by atoms with van der Waals surface area (Å²) in [5, 5.41) is 4.28. The third-order valence-electron chi connectivity index (χ3n) is 3.96. The molecule has 0 radical (unpaired) electrons. The van der Waals surface area contributed by atoms with E-state index in [1.807, 2.05) is 13.8 Å². The Kier molecular flexibility index (Phi) is 4.74. The summed E-state index contributed by atoms with van der Waals surface area (Å²) < 4.78 is 28.7. The fourth-order valence-corrected chi connectivity index (χ4v) is 2.91. The number of aromatic nitrogens is 2. The first kappa shape index (κ1) is 17.0. The maximum Gasteiger partial charge on any atom is 0.267 e. The van der Waals surface area contributed by atoms with E-state index in [4.69, 9.17) is 0 Å². The monoisotopic (exact) mass is 340 g/mol. The molecule has 0 spiro atoms. The highest BCUT2D eigenvalue weighted by molar-refractivity contribution is 5.31. The van der Waals surface area contributed by atoms with Gasteiger partial charge < -0.3 is 0 Å². The fourth-order valence-electron chi connectivity index (χ4n) is 2.91. The predicted octanol–water partition coefficient (Wildman–Crippen LogP) is 3.78. The molecule has 0 saturated heterocycles. The van der Waals surface area contributed by atoms with Crippen LogP contribution in [-0.2, 0) is 13.0 Å². The lowest BCUT2D eigenvalue weighted by molar-refractivity contribution is 0.521. The van der Waals surface area contributed by atoms with Crippen molar-refractivity contribution in [2.45, 2.75) is 26.8 Å². The number of hydrogen-bond donors (Lipinski definition) is 0. The molecule has 0 amide bonds. The molecule has 3 aromatic rings. The summed E-state index contributed by atoms with van der Waals surface area (Å²) in [7, 11) is 0. The van der Waals surface area contributed by atoms with Crippen molar-refractivity contribution in [3.05, 3.63) is 98.5 Å². The van der Waals surface area contributed by atoms with Gasteiger partial charge in [-0.3, -0.25) is 4.79 Å². The van der Waals surface area contributed by atoms with Crippen LogP contribution in [0.5, 0.6) is 0 Å². The molecule has 5 heteroatoms. The molecule has 0 unspecified atom stereocenters. The summed E-state index contributed by atoms with van der Waals surface area (Å²) in [4.78, 5) is 12.0. The van der Waals surface area contributed by atoms with E-state index in [1.165, 1.54) is 24.3 Å². The Morgan fingerprint density at radius 1 is 0.960 bits per heavy atom. The highest BCUT2D eigenvalue weighted by Gasteiger charge is 2.11. The smallest absolute Gasteiger partial charge is 0.267 e. The summed E-state index contributed by atoms with van der Waals surface area (Å²) in [6, 6.07) is 12.9. The van der Waals surface area contributed by atoms with E-state index in [-0.39, 0.29) is 12.1 Å². The molecular formula is C20H18F2N2O. The molecular weight excluding hydrogens is 322 g/mol. The van der Waals surface area contributed by atoms with Crippen molar-refractivity contribution >= 4 is 0 Å². The number of benzene rings is 2. The summed E-state index contributed by atoms with van der Waals surface area (Å²) in [6.45, 7) is 3.80. The SMILES string of the molecule is Cc1cc(C)cc(Cc2ccc(=O)n(Cc3c(F)cccc3F)n2)c1. The number of rotatable bonds is 4. The predicted molar refractivity (Wildman–Crippen MR) is 92.7 cm³/mol. The van der Waals surface area contributed by atoms with Gasteiger partial charge in [0.1, 0.15) is 11.6 Å². The average Bonchev–Trinajstić information content (AvgIpc) is 2.53. The van der Waals surface area contributed by atoms with Gasteiger partial charge in [0, 0.05) is 18.1 Å². The molecule has 0 N–H and O–H groups in total. The molecule has 0 aliphatic heterocycles. The number of hydrogen-bond acceptors (Lipinski definition) is 2. The second-order valence-electron chi connectivity index (χ2n) is 6.19. The van der Waals surface area contributed by atoms with Crippen LogP contribution in [0.15, 0.2) is 53.3 Å². The van der Waals surface area contributed by atoms with Crippen molar-refractivity contribution in [3.8, 4) is 0 Å². The number of halogens is 2. The number of nitrogens with zero attached hydrogens (tertiary/aromatic N) is 2. The Balaban J connectivity index is 1.92. The largest absolute Gasteiger partial charge is 0.268 e. The van der Waals surface area contributed by atoms with Gasteiger partial charge in [0.15, 0.2) is 0 Å². The Bertz CT molecular complexity index is 939. The minimum absolute atomic E-state index is 0.166. The van der Waals surface area contributed by atoms with E-state index in [1.54, 1.807) is 6.07 Å². The third kappa shape index (κ3) is 3.99. The molecule has 0 atom stereocenters. The second-order valence-corrected chi connectivity index (χ2v) is 6.19. The minimum Gasteiger partial charge on any atom is -0.268 e. The Hall–Kier alpha value is -2.82. The summed E-state index contributed by atoms with van der Waals surface area (Å²) in [5.74, 6) is -1.37. The quantitative estimate of drug-likeness (QED) is 0.724. The van der Waals surface area contributed by atoms with Gasteiger partial charge in [0.2, 0.25) is 0 Å². The molecule has 3 nitrogen and oxygen atoms in total. The van der Waals surface area contributed by atoms with E-state index in [9.17, 15) is 13.6 Å². The van der Waals surface area contributed by atoms with Crippen molar-refractivity contribution in [1.82, 2.24) is 9.78 Å². The summed E-state index contributed by atoms with van der Waals surface area (Å²) in [5.41, 5.74) is 3.48. The molecule has 0 aliphatic carbocycles.